The third-order valence-electron chi connectivity index (χ3n) is 4.00. The SMILES string of the molecule is CCOc1ccc(Oc2cc(CNC(=O)CCCn3cccn3)ccn2)cc1. The van der Waals surface area contributed by atoms with Gasteiger partial charge in [-0.25, -0.2) is 4.98 Å². The van der Waals surface area contributed by atoms with E-state index in [9.17, 15) is 4.79 Å². The minimum absolute atomic E-state index is 0.0120. The molecule has 28 heavy (non-hydrogen) atoms. The lowest BCUT2D eigenvalue weighted by Gasteiger charge is -2.09. The highest BCUT2D eigenvalue weighted by atomic mass is 16.5. The lowest BCUT2D eigenvalue weighted by Crippen LogP contribution is -2.22. The zero-order valence-electron chi connectivity index (χ0n) is 15.9. The molecule has 0 atom stereocenters. The highest BCUT2D eigenvalue weighted by molar-refractivity contribution is 5.75. The average molecular weight is 380 g/mol. The van der Waals surface area contributed by atoms with Crippen LogP contribution in [0.2, 0.25) is 0 Å². The average Bonchev–Trinajstić information content (AvgIpc) is 3.22. The Morgan fingerprint density at radius 3 is 2.71 bits per heavy atom. The van der Waals surface area contributed by atoms with Crippen molar-refractivity contribution in [3.8, 4) is 17.4 Å². The van der Waals surface area contributed by atoms with Gasteiger partial charge in [-0.05, 0) is 55.3 Å². The third kappa shape index (κ3) is 6.12. The number of benzene rings is 1. The van der Waals surface area contributed by atoms with E-state index in [4.69, 9.17) is 9.47 Å². The van der Waals surface area contributed by atoms with E-state index in [1.54, 1.807) is 12.4 Å². The molecule has 1 N–H and O–H groups in total. The molecule has 1 amide bonds. The number of nitrogens with one attached hydrogen (secondary N) is 1. The Balaban J connectivity index is 1.45. The lowest BCUT2D eigenvalue weighted by atomic mass is 10.2. The molecule has 7 nitrogen and oxygen atoms in total. The maximum atomic E-state index is 12.0. The summed E-state index contributed by atoms with van der Waals surface area (Å²) < 4.78 is 13.0. The van der Waals surface area contributed by atoms with E-state index >= 15 is 0 Å². The van der Waals surface area contributed by atoms with Gasteiger partial charge < -0.3 is 14.8 Å². The van der Waals surface area contributed by atoms with E-state index in [1.807, 2.05) is 60.3 Å². The fourth-order valence-corrected chi connectivity index (χ4v) is 2.63. The first-order chi connectivity index (χ1) is 13.7. The Morgan fingerprint density at radius 1 is 1.14 bits per heavy atom. The molecule has 7 heteroatoms. The normalized spacial score (nSPS) is 10.5. The van der Waals surface area contributed by atoms with Gasteiger partial charge in [-0.2, -0.15) is 5.10 Å². The van der Waals surface area contributed by atoms with Gasteiger partial charge in [-0.15, -0.1) is 0 Å². The number of pyridine rings is 1. The van der Waals surface area contributed by atoms with Crippen molar-refractivity contribution in [1.29, 1.82) is 0 Å². The molecular weight excluding hydrogens is 356 g/mol. The predicted octanol–water partition coefficient (Wildman–Crippen LogP) is 3.57. The van der Waals surface area contributed by atoms with Crippen molar-refractivity contribution >= 4 is 5.91 Å². The number of aryl methyl sites for hydroxylation is 1. The fourth-order valence-electron chi connectivity index (χ4n) is 2.63. The first-order valence-corrected chi connectivity index (χ1v) is 9.32. The van der Waals surface area contributed by atoms with Crippen LogP contribution < -0.4 is 14.8 Å². The summed E-state index contributed by atoms with van der Waals surface area (Å²) in [6, 6.07) is 12.9. The molecule has 3 rings (SSSR count). The molecular formula is C21H24N4O3. The Bertz CT molecular complexity index is 864. The van der Waals surface area contributed by atoms with Crippen molar-refractivity contribution < 1.29 is 14.3 Å². The molecule has 0 bridgehead atoms. The zero-order chi connectivity index (χ0) is 19.6. The summed E-state index contributed by atoms with van der Waals surface area (Å²) in [5.74, 6) is 1.97. The summed E-state index contributed by atoms with van der Waals surface area (Å²) in [5, 5.41) is 7.04. The minimum Gasteiger partial charge on any atom is -0.494 e. The van der Waals surface area contributed by atoms with Gasteiger partial charge in [0.25, 0.3) is 0 Å². The molecule has 0 aliphatic heterocycles. The molecule has 0 unspecified atom stereocenters. The first kappa shape index (κ1) is 19.4. The van der Waals surface area contributed by atoms with Gasteiger partial charge in [0, 0.05) is 44.2 Å². The van der Waals surface area contributed by atoms with Crippen molar-refractivity contribution in [2.24, 2.45) is 0 Å². The molecule has 0 fully saturated rings. The molecule has 0 saturated heterocycles. The van der Waals surface area contributed by atoms with Gasteiger partial charge in [0.15, 0.2) is 0 Å². The standard InChI is InChI=1S/C21H24N4O3/c1-2-27-18-6-8-19(9-7-18)28-21-15-17(10-12-22-21)16-23-20(26)5-3-13-25-14-4-11-24-25/h4,6-12,14-15H,2-3,5,13,16H2,1H3,(H,23,26). The summed E-state index contributed by atoms with van der Waals surface area (Å²) >= 11 is 0. The summed E-state index contributed by atoms with van der Waals surface area (Å²) in [4.78, 5) is 16.2. The molecule has 0 aliphatic rings. The molecule has 0 aliphatic carbocycles. The predicted molar refractivity (Wildman–Crippen MR) is 105 cm³/mol. The number of hydrogen-bond acceptors (Lipinski definition) is 5. The number of carbonyl (C=O) groups excluding carboxylic acids is 1. The summed E-state index contributed by atoms with van der Waals surface area (Å²) in [6.45, 7) is 3.73. The highest BCUT2D eigenvalue weighted by Crippen LogP contribution is 2.23. The Labute approximate surface area is 164 Å². The van der Waals surface area contributed by atoms with Gasteiger partial charge in [0.2, 0.25) is 11.8 Å². The Hall–Kier alpha value is -3.35. The van der Waals surface area contributed by atoms with Crippen molar-refractivity contribution in [2.45, 2.75) is 32.9 Å². The van der Waals surface area contributed by atoms with E-state index in [-0.39, 0.29) is 5.91 Å². The molecule has 2 aromatic heterocycles. The van der Waals surface area contributed by atoms with Gasteiger partial charge in [0.05, 0.1) is 6.61 Å². The first-order valence-electron chi connectivity index (χ1n) is 9.32. The van der Waals surface area contributed by atoms with Crippen LogP contribution >= 0.6 is 0 Å². The molecule has 146 valence electrons. The third-order valence-corrected chi connectivity index (χ3v) is 4.00. The molecule has 0 radical (unpaired) electrons. The van der Waals surface area contributed by atoms with E-state index in [1.165, 1.54) is 0 Å². The van der Waals surface area contributed by atoms with E-state index < -0.39 is 0 Å². The summed E-state index contributed by atoms with van der Waals surface area (Å²) in [5.41, 5.74) is 0.927. The van der Waals surface area contributed by atoms with Gasteiger partial charge >= 0.3 is 0 Å². The van der Waals surface area contributed by atoms with Gasteiger partial charge in [0.1, 0.15) is 11.5 Å². The molecule has 0 spiro atoms. The lowest BCUT2D eigenvalue weighted by molar-refractivity contribution is -0.121. The van der Waals surface area contributed by atoms with Crippen LogP contribution in [0.4, 0.5) is 0 Å². The number of amides is 1. The van der Waals surface area contributed by atoms with Crippen LogP contribution in [0.25, 0.3) is 0 Å². The number of rotatable bonds is 10. The second-order valence-corrected chi connectivity index (χ2v) is 6.16. The van der Waals surface area contributed by atoms with Crippen molar-refractivity contribution in [3.05, 3.63) is 66.6 Å². The van der Waals surface area contributed by atoms with Crippen LogP contribution in [0.3, 0.4) is 0 Å². The maximum Gasteiger partial charge on any atom is 0.220 e. The topological polar surface area (TPSA) is 78.3 Å². The smallest absolute Gasteiger partial charge is 0.220 e. The number of nitrogens with zero attached hydrogens (tertiary/aromatic N) is 3. The zero-order valence-corrected chi connectivity index (χ0v) is 15.9. The molecule has 2 heterocycles. The van der Waals surface area contributed by atoms with Crippen LogP contribution in [0.15, 0.2) is 61.1 Å². The van der Waals surface area contributed by atoms with E-state index in [0.717, 1.165) is 24.3 Å². The van der Waals surface area contributed by atoms with Crippen LogP contribution in [0, 0.1) is 0 Å². The molecule has 0 saturated carbocycles. The summed E-state index contributed by atoms with van der Waals surface area (Å²) in [7, 11) is 0. The Morgan fingerprint density at radius 2 is 1.96 bits per heavy atom. The number of ether oxygens (including phenoxy) is 2. The largest absolute Gasteiger partial charge is 0.494 e. The molecule has 3 aromatic rings. The summed E-state index contributed by atoms with van der Waals surface area (Å²) in [6.07, 6.45) is 6.50. The number of aromatic nitrogens is 3. The van der Waals surface area contributed by atoms with E-state index in [2.05, 4.69) is 15.4 Å². The highest BCUT2D eigenvalue weighted by Gasteiger charge is 2.05. The second kappa shape index (κ2) is 10.1. The van der Waals surface area contributed by atoms with E-state index in [0.29, 0.717) is 31.2 Å². The van der Waals surface area contributed by atoms with Gasteiger partial charge in [-0.3, -0.25) is 9.48 Å². The Kier molecular flexibility index (Phi) is 7.01. The monoisotopic (exact) mass is 380 g/mol. The number of carbonyl (C=O) groups is 1. The number of hydrogen-bond donors (Lipinski definition) is 1. The van der Waals surface area contributed by atoms with Gasteiger partial charge in [-0.1, -0.05) is 0 Å². The quantitative estimate of drug-likeness (QED) is 0.582. The van der Waals surface area contributed by atoms with Crippen LogP contribution in [-0.4, -0.2) is 27.3 Å². The van der Waals surface area contributed by atoms with Crippen molar-refractivity contribution in [3.63, 3.8) is 0 Å². The van der Waals surface area contributed by atoms with Crippen LogP contribution in [0.1, 0.15) is 25.3 Å². The molecule has 1 aromatic carbocycles. The minimum atomic E-state index is 0.0120. The fraction of sp³-hybridized carbons (Fsp3) is 0.286. The van der Waals surface area contributed by atoms with Crippen LogP contribution in [-0.2, 0) is 17.9 Å². The van der Waals surface area contributed by atoms with Crippen LogP contribution in [0.5, 0.6) is 17.4 Å². The van der Waals surface area contributed by atoms with Crippen molar-refractivity contribution in [2.75, 3.05) is 6.61 Å². The maximum absolute atomic E-state index is 12.0. The van der Waals surface area contributed by atoms with Crippen molar-refractivity contribution in [1.82, 2.24) is 20.1 Å². The second-order valence-electron chi connectivity index (χ2n) is 6.16.